The molecular formula is C17H18ClNO3. The lowest BCUT2D eigenvalue weighted by molar-refractivity contribution is -0.123. The quantitative estimate of drug-likeness (QED) is 0.885. The molecule has 0 radical (unpaired) electrons. The van der Waals surface area contributed by atoms with Crippen molar-refractivity contribution in [2.45, 2.75) is 13.0 Å². The Hall–Kier alpha value is -2.20. The van der Waals surface area contributed by atoms with Gasteiger partial charge in [0.15, 0.2) is 6.61 Å². The first-order valence-corrected chi connectivity index (χ1v) is 7.29. The Balaban J connectivity index is 1.93. The summed E-state index contributed by atoms with van der Waals surface area (Å²) in [7, 11) is 1.61. The normalized spacial score (nSPS) is 11.6. The summed E-state index contributed by atoms with van der Waals surface area (Å²) in [5.74, 6) is 1.00. The van der Waals surface area contributed by atoms with E-state index in [1.807, 2.05) is 31.2 Å². The Morgan fingerprint density at radius 2 is 1.77 bits per heavy atom. The predicted octanol–water partition coefficient (Wildman–Crippen LogP) is 3.60. The lowest BCUT2D eigenvalue weighted by atomic mass is 10.1. The molecule has 0 unspecified atom stereocenters. The van der Waals surface area contributed by atoms with Gasteiger partial charge in [0.2, 0.25) is 0 Å². The van der Waals surface area contributed by atoms with Crippen LogP contribution in [0.1, 0.15) is 18.5 Å². The van der Waals surface area contributed by atoms with Crippen LogP contribution in [0.25, 0.3) is 0 Å². The van der Waals surface area contributed by atoms with Gasteiger partial charge in [-0.2, -0.15) is 0 Å². The van der Waals surface area contributed by atoms with E-state index in [2.05, 4.69) is 5.32 Å². The summed E-state index contributed by atoms with van der Waals surface area (Å²) in [4.78, 5) is 12.0. The minimum Gasteiger partial charge on any atom is -0.496 e. The second kappa shape index (κ2) is 7.71. The minimum absolute atomic E-state index is 0.0940. The van der Waals surface area contributed by atoms with E-state index in [-0.39, 0.29) is 18.6 Å². The Labute approximate surface area is 135 Å². The number of hydrogen-bond donors (Lipinski definition) is 1. The van der Waals surface area contributed by atoms with Crippen LogP contribution in [0, 0.1) is 0 Å². The molecule has 2 aromatic carbocycles. The van der Waals surface area contributed by atoms with E-state index in [1.165, 1.54) is 0 Å². The molecule has 2 rings (SSSR count). The van der Waals surface area contributed by atoms with Crippen LogP contribution < -0.4 is 14.8 Å². The number of ether oxygens (including phenoxy) is 2. The molecule has 0 saturated heterocycles. The number of nitrogens with one attached hydrogen (secondary N) is 1. The molecule has 0 aliphatic rings. The van der Waals surface area contributed by atoms with E-state index in [0.29, 0.717) is 10.8 Å². The van der Waals surface area contributed by atoms with Crippen LogP contribution in [0.15, 0.2) is 48.5 Å². The van der Waals surface area contributed by atoms with Crippen molar-refractivity contribution in [3.8, 4) is 11.5 Å². The van der Waals surface area contributed by atoms with Crippen molar-refractivity contribution in [2.24, 2.45) is 0 Å². The maximum absolute atomic E-state index is 12.0. The van der Waals surface area contributed by atoms with Crippen LogP contribution in [-0.4, -0.2) is 19.6 Å². The molecule has 0 aliphatic carbocycles. The third-order valence-corrected chi connectivity index (χ3v) is 3.49. The topological polar surface area (TPSA) is 47.6 Å². The van der Waals surface area contributed by atoms with Gasteiger partial charge in [-0.05, 0) is 25.1 Å². The number of carbonyl (C=O) groups excluding carboxylic acids is 1. The lowest BCUT2D eigenvalue weighted by Crippen LogP contribution is -2.31. The summed E-state index contributed by atoms with van der Waals surface area (Å²) in [6.45, 7) is 1.80. The third kappa shape index (κ3) is 4.15. The number of rotatable bonds is 6. The fourth-order valence-electron chi connectivity index (χ4n) is 2.09. The number of halogens is 1. The van der Waals surface area contributed by atoms with Crippen LogP contribution in [0.3, 0.4) is 0 Å². The molecule has 1 amide bonds. The summed E-state index contributed by atoms with van der Waals surface area (Å²) >= 11 is 5.98. The van der Waals surface area contributed by atoms with Crippen LogP contribution >= 0.6 is 11.6 Å². The van der Waals surface area contributed by atoms with Crippen LogP contribution in [0.4, 0.5) is 0 Å². The standard InChI is InChI=1S/C17H18ClNO3/c1-12(13-7-3-5-9-15(13)21-2)19-17(20)11-22-16-10-6-4-8-14(16)18/h3-10,12H,11H2,1-2H3,(H,19,20)/t12-/m0/s1. The largest absolute Gasteiger partial charge is 0.496 e. The molecule has 0 saturated carbocycles. The van der Waals surface area contributed by atoms with Crippen molar-refractivity contribution in [2.75, 3.05) is 13.7 Å². The fraction of sp³-hybridized carbons (Fsp3) is 0.235. The highest BCUT2D eigenvalue weighted by Gasteiger charge is 2.14. The number of hydrogen-bond acceptors (Lipinski definition) is 3. The Bertz CT molecular complexity index is 645. The van der Waals surface area contributed by atoms with Crippen LogP contribution in [0.5, 0.6) is 11.5 Å². The molecule has 0 aliphatic heterocycles. The van der Waals surface area contributed by atoms with E-state index in [4.69, 9.17) is 21.1 Å². The molecule has 0 bridgehead atoms. The molecular weight excluding hydrogens is 302 g/mol. The molecule has 116 valence electrons. The van der Waals surface area contributed by atoms with Gasteiger partial charge in [-0.1, -0.05) is 41.9 Å². The van der Waals surface area contributed by atoms with E-state index in [9.17, 15) is 4.79 Å². The van der Waals surface area contributed by atoms with Crippen LogP contribution in [-0.2, 0) is 4.79 Å². The molecule has 2 aromatic rings. The average molecular weight is 320 g/mol. The van der Waals surface area contributed by atoms with Crippen molar-refractivity contribution in [3.05, 3.63) is 59.1 Å². The van der Waals surface area contributed by atoms with Gasteiger partial charge in [0.25, 0.3) is 5.91 Å². The lowest BCUT2D eigenvalue weighted by Gasteiger charge is -2.17. The smallest absolute Gasteiger partial charge is 0.258 e. The van der Waals surface area contributed by atoms with Gasteiger partial charge in [-0.25, -0.2) is 0 Å². The predicted molar refractivity (Wildman–Crippen MR) is 86.5 cm³/mol. The molecule has 0 aromatic heterocycles. The molecule has 0 spiro atoms. The van der Waals surface area contributed by atoms with E-state index < -0.39 is 0 Å². The van der Waals surface area contributed by atoms with E-state index >= 15 is 0 Å². The minimum atomic E-state index is -0.224. The molecule has 4 nitrogen and oxygen atoms in total. The van der Waals surface area contributed by atoms with Crippen molar-refractivity contribution >= 4 is 17.5 Å². The molecule has 0 fully saturated rings. The molecule has 1 N–H and O–H groups in total. The van der Waals surface area contributed by atoms with E-state index in [0.717, 1.165) is 11.3 Å². The first kappa shape index (κ1) is 16.2. The summed E-state index contributed by atoms with van der Waals surface area (Å²) in [6.07, 6.45) is 0. The summed E-state index contributed by atoms with van der Waals surface area (Å²) < 4.78 is 10.7. The second-order valence-corrected chi connectivity index (χ2v) is 5.16. The second-order valence-electron chi connectivity index (χ2n) is 4.75. The number of methoxy groups -OCH3 is 1. The maximum Gasteiger partial charge on any atom is 0.258 e. The maximum atomic E-state index is 12.0. The third-order valence-electron chi connectivity index (χ3n) is 3.18. The van der Waals surface area contributed by atoms with Crippen molar-refractivity contribution in [1.29, 1.82) is 0 Å². The van der Waals surface area contributed by atoms with Gasteiger partial charge in [-0.15, -0.1) is 0 Å². The number of carbonyl (C=O) groups is 1. The zero-order valence-electron chi connectivity index (χ0n) is 12.5. The highest BCUT2D eigenvalue weighted by Crippen LogP contribution is 2.25. The number of para-hydroxylation sites is 2. The van der Waals surface area contributed by atoms with Gasteiger partial charge < -0.3 is 14.8 Å². The number of benzene rings is 2. The first-order chi connectivity index (χ1) is 10.6. The molecule has 1 atom stereocenters. The van der Waals surface area contributed by atoms with Gasteiger partial charge in [0, 0.05) is 5.56 Å². The zero-order valence-corrected chi connectivity index (χ0v) is 13.3. The molecule has 5 heteroatoms. The summed E-state index contributed by atoms with van der Waals surface area (Å²) in [6, 6.07) is 14.4. The highest BCUT2D eigenvalue weighted by atomic mass is 35.5. The Morgan fingerprint density at radius 3 is 2.45 bits per heavy atom. The zero-order chi connectivity index (χ0) is 15.9. The van der Waals surface area contributed by atoms with Crippen molar-refractivity contribution in [3.63, 3.8) is 0 Å². The summed E-state index contributed by atoms with van der Waals surface area (Å²) in [5, 5.41) is 3.35. The number of amides is 1. The highest BCUT2D eigenvalue weighted by molar-refractivity contribution is 6.32. The van der Waals surface area contributed by atoms with E-state index in [1.54, 1.807) is 31.4 Å². The molecule has 22 heavy (non-hydrogen) atoms. The SMILES string of the molecule is COc1ccccc1[C@H](C)NC(=O)COc1ccccc1Cl. The van der Waals surface area contributed by atoms with Gasteiger partial charge >= 0.3 is 0 Å². The van der Waals surface area contributed by atoms with Crippen molar-refractivity contribution in [1.82, 2.24) is 5.32 Å². The van der Waals surface area contributed by atoms with Gasteiger partial charge in [0.05, 0.1) is 18.2 Å². The van der Waals surface area contributed by atoms with Crippen LogP contribution in [0.2, 0.25) is 5.02 Å². The van der Waals surface area contributed by atoms with Gasteiger partial charge in [0.1, 0.15) is 11.5 Å². The van der Waals surface area contributed by atoms with Gasteiger partial charge in [-0.3, -0.25) is 4.79 Å². The molecule has 0 heterocycles. The van der Waals surface area contributed by atoms with Crippen molar-refractivity contribution < 1.29 is 14.3 Å². The Morgan fingerprint density at radius 1 is 1.14 bits per heavy atom. The Kier molecular flexibility index (Phi) is 5.67. The fourth-order valence-corrected chi connectivity index (χ4v) is 2.28. The average Bonchev–Trinajstić information content (AvgIpc) is 2.54. The first-order valence-electron chi connectivity index (χ1n) is 6.91. The monoisotopic (exact) mass is 319 g/mol. The summed E-state index contributed by atoms with van der Waals surface area (Å²) in [5.41, 5.74) is 0.913.